The summed E-state index contributed by atoms with van der Waals surface area (Å²) in [6, 6.07) is 4.70. The van der Waals surface area contributed by atoms with Gasteiger partial charge in [-0.1, -0.05) is 13.0 Å². The number of aryl methyl sites for hydroxylation is 1. The molecule has 0 bridgehead atoms. The molecule has 0 atom stereocenters. The average molecular weight is 164 g/mol. The van der Waals surface area contributed by atoms with Crippen LogP contribution >= 0.6 is 0 Å². The van der Waals surface area contributed by atoms with Crippen LogP contribution in [-0.4, -0.2) is 0 Å². The van der Waals surface area contributed by atoms with Gasteiger partial charge in [0.2, 0.25) is 0 Å². The summed E-state index contributed by atoms with van der Waals surface area (Å²) in [5.41, 5.74) is 1.26. The van der Waals surface area contributed by atoms with E-state index in [1.165, 1.54) is 6.07 Å². The normalized spacial score (nSPS) is 9.08. The third kappa shape index (κ3) is 1.73. The molecule has 1 aromatic carbocycles. The van der Waals surface area contributed by atoms with E-state index in [1.54, 1.807) is 18.3 Å². The Morgan fingerprint density at radius 3 is 2.92 bits per heavy atom. The lowest BCUT2D eigenvalue weighted by Crippen LogP contribution is -1.93. The summed E-state index contributed by atoms with van der Waals surface area (Å²) in [7, 11) is 0. The Hall–Kier alpha value is -1.56. The summed E-state index contributed by atoms with van der Waals surface area (Å²) >= 11 is 0. The van der Waals surface area contributed by atoms with Crippen LogP contribution in [0.4, 0.5) is 10.1 Å². The Labute approximate surface area is 70.6 Å². The summed E-state index contributed by atoms with van der Waals surface area (Å²) < 4.78 is 12.9. The second kappa shape index (κ2) is 3.72. The van der Waals surface area contributed by atoms with E-state index in [2.05, 4.69) is 5.32 Å². The molecular weight excluding hydrogens is 155 g/mol. The first-order valence-electron chi connectivity index (χ1n) is 3.71. The van der Waals surface area contributed by atoms with Gasteiger partial charge in [-0.25, -0.2) is 4.39 Å². The van der Waals surface area contributed by atoms with E-state index in [0.29, 0.717) is 0 Å². The largest absolute Gasteiger partial charge is 0.290 e. The predicted octanol–water partition coefficient (Wildman–Crippen LogP) is 2.28. The second-order valence-corrected chi connectivity index (χ2v) is 2.40. The highest BCUT2D eigenvalue weighted by molar-refractivity contribution is 5.49. The molecule has 2 nitrogen and oxygen atoms in total. The highest BCUT2D eigenvalue weighted by atomic mass is 19.1. The van der Waals surface area contributed by atoms with Crippen molar-refractivity contribution in [3.05, 3.63) is 29.6 Å². The number of rotatable bonds is 2. The molecule has 12 heavy (non-hydrogen) atoms. The van der Waals surface area contributed by atoms with Crippen LogP contribution in [0.25, 0.3) is 0 Å². The van der Waals surface area contributed by atoms with Crippen molar-refractivity contribution in [3.8, 4) is 6.19 Å². The van der Waals surface area contributed by atoms with Crippen molar-refractivity contribution in [1.82, 2.24) is 0 Å². The number of nitrogens with zero attached hydrogens (tertiary/aromatic N) is 1. The maximum Gasteiger partial charge on any atom is 0.181 e. The van der Waals surface area contributed by atoms with E-state index in [4.69, 9.17) is 5.26 Å². The molecule has 3 heteroatoms. The van der Waals surface area contributed by atoms with Crippen LogP contribution in [0.2, 0.25) is 0 Å². The topological polar surface area (TPSA) is 35.8 Å². The minimum atomic E-state index is -0.395. The molecular formula is C9H9FN2. The van der Waals surface area contributed by atoms with Gasteiger partial charge in [-0.2, -0.15) is 5.26 Å². The fourth-order valence-corrected chi connectivity index (χ4v) is 0.948. The molecule has 0 aliphatic rings. The molecule has 1 N–H and O–H groups in total. The molecule has 0 heterocycles. The first kappa shape index (κ1) is 8.54. The van der Waals surface area contributed by atoms with Crippen LogP contribution in [0.3, 0.4) is 0 Å². The predicted molar refractivity (Wildman–Crippen MR) is 45.0 cm³/mol. The number of hydrogen-bond donors (Lipinski definition) is 1. The maximum atomic E-state index is 12.9. The zero-order chi connectivity index (χ0) is 8.97. The number of nitriles is 1. The Kier molecular flexibility index (Phi) is 2.65. The van der Waals surface area contributed by atoms with Crippen LogP contribution < -0.4 is 5.32 Å². The summed E-state index contributed by atoms with van der Waals surface area (Å²) in [6.07, 6.45) is 2.52. The van der Waals surface area contributed by atoms with Gasteiger partial charge in [0.25, 0.3) is 0 Å². The Morgan fingerprint density at radius 2 is 2.33 bits per heavy atom. The molecule has 0 saturated heterocycles. The van der Waals surface area contributed by atoms with Crippen LogP contribution in [0.5, 0.6) is 0 Å². The third-order valence-electron chi connectivity index (χ3n) is 1.63. The van der Waals surface area contributed by atoms with Crippen molar-refractivity contribution in [2.24, 2.45) is 0 Å². The van der Waals surface area contributed by atoms with Gasteiger partial charge in [-0.15, -0.1) is 0 Å². The molecule has 1 aromatic rings. The van der Waals surface area contributed by atoms with Gasteiger partial charge in [0.1, 0.15) is 5.82 Å². The van der Waals surface area contributed by atoms with Gasteiger partial charge in [0.15, 0.2) is 6.19 Å². The quantitative estimate of drug-likeness (QED) is 0.537. The lowest BCUT2D eigenvalue weighted by molar-refractivity contribution is 0.631. The molecule has 0 aliphatic carbocycles. The zero-order valence-electron chi connectivity index (χ0n) is 6.76. The summed E-state index contributed by atoms with van der Waals surface area (Å²) in [4.78, 5) is 0. The fraction of sp³-hybridized carbons (Fsp3) is 0.222. The first-order chi connectivity index (χ1) is 5.77. The Balaban J connectivity index is 3.01. The van der Waals surface area contributed by atoms with E-state index < -0.39 is 5.82 Å². The summed E-state index contributed by atoms with van der Waals surface area (Å²) in [5, 5.41) is 10.6. The number of halogens is 1. The van der Waals surface area contributed by atoms with Crippen molar-refractivity contribution in [2.75, 3.05) is 5.32 Å². The van der Waals surface area contributed by atoms with Crippen molar-refractivity contribution < 1.29 is 4.39 Å². The van der Waals surface area contributed by atoms with E-state index >= 15 is 0 Å². The van der Waals surface area contributed by atoms with E-state index in [0.717, 1.165) is 12.0 Å². The van der Waals surface area contributed by atoms with Crippen LogP contribution in [0.1, 0.15) is 12.5 Å². The molecule has 62 valence electrons. The summed E-state index contributed by atoms with van der Waals surface area (Å²) in [6.45, 7) is 1.98. The summed E-state index contributed by atoms with van der Waals surface area (Å²) in [5.74, 6) is -0.395. The Morgan fingerprint density at radius 1 is 1.58 bits per heavy atom. The van der Waals surface area contributed by atoms with Gasteiger partial charge in [-0.05, 0) is 24.1 Å². The lowest BCUT2D eigenvalue weighted by atomic mass is 10.1. The molecule has 0 unspecified atom stereocenters. The molecule has 0 fully saturated rings. The van der Waals surface area contributed by atoms with Crippen LogP contribution in [0.15, 0.2) is 18.2 Å². The number of nitrogens with one attached hydrogen (secondary N) is 1. The van der Waals surface area contributed by atoms with E-state index in [1.807, 2.05) is 6.92 Å². The molecule has 0 spiro atoms. The van der Waals surface area contributed by atoms with E-state index in [9.17, 15) is 4.39 Å². The third-order valence-corrected chi connectivity index (χ3v) is 1.63. The van der Waals surface area contributed by atoms with Crippen molar-refractivity contribution in [2.45, 2.75) is 13.3 Å². The molecule has 0 aliphatic heterocycles. The molecule has 0 aromatic heterocycles. The fourth-order valence-electron chi connectivity index (χ4n) is 0.948. The smallest absolute Gasteiger partial charge is 0.181 e. The SMILES string of the molecule is CCc1ccc(F)c(NC#N)c1. The highest BCUT2D eigenvalue weighted by Gasteiger charge is 2.00. The standard InChI is InChI=1S/C9H9FN2/c1-2-7-3-4-8(10)9(5-7)12-6-11/h3-5,12H,2H2,1H3. The monoisotopic (exact) mass is 164 g/mol. The molecule has 1 rings (SSSR count). The highest BCUT2D eigenvalue weighted by Crippen LogP contribution is 2.15. The minimum Gasteiger partial charge on any atom is -0.290 e. The zero-order valence-corrected chi connectivity index (χ0v) is 6.76. The average Bonchev–Trinajstić information content (AvgIpc) is 2.09. The Bertz CT molecular complexity index is 315. The number of benzene rings is 1. The van der Waals surface area contributed by atoms with E-state index in [-0.39, 0.29) is 5.69 Å². The minimum absolute atomic E-state index is 0.247. The number of hydrogen-bond acceptors (Lipinski definition) is 2. The van der Waals surface area contributed by atoms with Gasteiger partial charge in [-0.3, -0.25) is 5.32 Å². The molecule has 0 saturated carbocycles. The van der Waals surface area contributed by atoms with Crippen LogP contribution in [-0.2, 0) is 6.42 Å². The first-order valence-corrected chi connectivity index (χ1v) is 3.71. The number of anilines is 1. The second-order valence-electron chi connectivity index (χ2n) is 2.40. The molecule has 0 amide bonds. The van der Waals surface area contributed by atoms with Gasteiger partial charge in [0, 0.05) is 0 Å². The van der Waals surface area contributed by atoms with Gasteiger partial charge < -0.3 is 0 Å². The van der Waals surface area contributed by atoms with Crippen molar-refractivity contribution >= 4 is 5.69 Å². The van der Waals surface area contributed by atoms with Crippen molar-refractivity contribution in [1.29, 1.82) is 5.26 Å². The van der Waals surface area contributed by atoms with Crippen molar-refractivity contribution in [3.63, 3.8) is 0 Å². The van der Waals surface area contributed by atoms with Gasteiger partial charge >= 0.3 is 0 Å². The molecule has 0 radical (unpaired) electrons. The van der Waals surface area contributed by atoms with Crippen LogP contribution in [0, 0.1) is 17.3 Å². The van der Waals surface area contributed by atoms with Gasteiger partial charge in [0.05, 0.1) is 5.69 Å². The maximum absolute atomic E-state index is 12.9. The lowest BCUT2D eigenvalue weighted by Gasteiger charge is -2.01.